The number of benzene rings is 1. The second kappa shape index (κ2) is 5.36. The quantitative estimate of drug-likeness (QED) is 0.782. The second-order valence-corrected chi connectivity index (χ2v) is 5.79. The monoisotopic (exact) mass is 373 g/mol. The van der Waals surface area contributed by atoms with E-state index >= 15 is 0 Å². The Bertz CT molecular complexity index is 652. The maximum absolute atomic E-state index is 13.1. The standard InChI is InChI=1S/C13H10Br2FNO/c1-8-4-10(14)7-17(13(8)18)6-9-2-3-12(16)11(15)5-9/h2-5,7H,6H2,1H3. The van der Waals surface area contributed by atoms with Gasteiger partial charge in [0.1, 0.15) is 5.82 Å². The van der Waals surface area contributed by atoms with Crippen LogP contribution in [0.5, 0.6) is 0 Å². The molecule has 0 bridgehead atoms. The van der Waals surface area contributed by atoms with Crippen LogP contribution in [0, 0.1) is 12.7 Å². The van der Waals surface area contributed by atoms with Gasteiger partial charge in [-0.15, -0.1) is 0 Å². The van der Waals surface area contributed by atoms with Gasteiger partial charge in [-0.1, -0.05) is 6.07 Å². The van der Waals surface area contributed by atoms with Crippen LogP contribution in [0.3, 0.4) is 0 Å². The molecule has 0 aliphatic heterocycles. The topological polar surface area (TPSA) is 22.0 Å². The zero-order valence-electron chi connectivity index (χ0n) is 9.58. The van der Waals surface area contributed by atoms with E-state index in [2.05, 4.69) is 31.9 Å². The Morgan fingerprint density at radius 3 is 2.67 bits per heavy atom. The van der Waals surface area contributed by atoms with Gasteiger partial charge in [-0.3, -0.25) is 4.79 Å². The van der Waals surface area contributed by atoms with Crippen LogP contribution in [0.4, 0.5) is 4.39 Å². The molecule has 5 heteroatoms. The van der Waals surface area contributed by atoms with E-state index in [9.17, 15) is 9.18 Å². The minimum absolute atomic E-state index is 0.0429. The molecule has 2 nitrogen and oxygen atoms in total. The molecule has 18 heavy (non-hydrogen) atoms. The first-order chi connectivity index (χ1) is 8.47. The fraction of sp³-hybridized carbons (Fsp3) is 0.154. The third-order valence-electron chi connectivity index (χ3n) is 2.57. The van der Waals surface area contributed by atoms with Crippen molar-refractivity contribution >= 4 is 31.9 Å². The van der Waals surface area contributed by atoms with E-state index in [4.69, 9.17) is 0 Å². The van der Waals surface area contributed by atoms with Crippen molar-refractivity contribution < 1.29 is 4.39 Å². The number of aromatic nitrogens is 1. The molecule has 1 heterocycles. The van der Waals surface area contributed by atoms with E-state index in [-0.39, 0.29) is 11.4 Å². The van der Waals surface area contributed by atoms with Gasteiger partial charge in [0.15, 0.2) is 0 Å². The second-order valence-electron chi connectivity index (χ2n) is 4.02. The summed E-state index contributed by atoms with van der Waals surface area (Å²) in [5.41, 5.74) is 1.49. The van der Waals surface area contributed by atoms with Gasteiger partial charge in [0, 0.05) is 16.2 Å². The maximum Gasteiger partial charge on any atom is 0.253 e. The van der Waals surface area contributed by atoms with Crippen LogP contribution in [-0.2, 0) is 6.54 Å². The highest BCUT2D eigenvalue weighted by Gasteiger charge is 2.05. The van der Waals surface area contributed by atoms with E-state index in [0.29, 0.717) is 16.6 Å². The predicted molar refractivity (Wildman–Crippen MR) is 76.3 cm³/mol. The van der Waals surface area contributed by atoms with Crippen LogP contribution in [0.2, 0.25) is 0 Å². The zero-order valence-corrected chi connectivity index (χ0v) is 12.8. The van der Waals surface area contributed by atoms with Crippen molar-refractivity contribution in [3.05, 3.63) is 66.7 Å². The molecule has 2 rings (SSSR count). The number of pyridine rings is 1. The van der Waals surface area contributed by atoms with Gasteiger partial charge in [0.25, 0.3) is 5.56 Å². The maximum atomic E-state index is 13.1. The highest BCUT2D eigenvalue weighted by Crippen LogP contribution is 2.17. The molecule has 1 aromatic heterocycles. The molecule has 0 aliphatic rings. The van der Waals surface area contributed by atoms with Gasteiger partial charge in [-0.25, -0.2) is 4.39 Å². The van der Waals surface area contributed by atoms with Gasteiger partial charge in [-0.05, 0) is 62.5 Å². The van der Waals surface area contributed by atoms with Gasteiger partial charge in [0.05, 0.1) is 11.0 Å². The van der Waals surface area contributed by atoms with Crippen molar-refractivity contribution in [2.75, 3.05) is 0 Å². The Labute approximate surface area is 121 Å². The largest absolute Gasteiger partial charge is 0.310 e. The molecule has 1 aromatic carbocycles. The molecule has 2 aromatic rings. The van der Waals surface area contributed by atoms with Crippen molar-refractivity contribution in [3.8, 4) is 0 Å². The van der Waals surface area contributed by atoms with Gasteiger partial charge in [0.2, 0.25) is 0 Å². The summed E-state index contributed by atoms with van der Waals surface area (Å²) in [6, 6.07) is 6.51. The normalized spacial score (nSPS) is 10.7. The number of rotatable bonds is 2. The Morgan fingerprint density at radius 2 is 2.00 bits per heavy atom. The number of hydrogen-bond donors (Lipinski definition) is 0. The van der Waals surface area contributed by atoms with Crippen molar-refractivity contribution in [3.63, 3.8) is 0 Å². The van der Waals surface area contributed by atoms with E-state index in [0.717, 1.165) is 10.0 Å². The summed E-state index contributed by atoms with van der Waals surface area (Å²) in [5, 5.41) is 0. The molecule has 0 unspecified atom stereocenters. The molecule has 0 atom stereocenters. The van der Waals surface area contributed by atoms with Gasteiger partial charge >= 0.3 is 0 Å². The van der Waals surface area contributed by atoms with E-state index in [1.54, 1.807) is 35.9 Å². The van der Waals surface area contributed by atoms with Crippen molar-refractivity contribution in [2.24, 2.45) is 0 Å². The van der Waals surface area contributed by atoms with Crippen LogP contribution >= 0.6 is 31.9 Å². The summed E-state index contributed by atoms with van der Waals surface area (Å²) in [4.78, 5) is 11.9. The molecule has 0 aliphatic carbocycles. The Morgan fingerprint density at radius 1 is 1.28 bits per heavy atom. The molecular weight excluding hydrogens is 365 g/mol. The third-order valence-corrected chi connectivity index (χ3v) is 3.61. The minimum atomic E-state index is -0.309. The summed E-state index contributed by atoms with van der Waals surface area (Å²) in [7, 11) is 0. The third kappa shape index (κ3) is 2.90. The fourth-order valence-corrected chi connectivity index (χ4v) is 2.71. The van der Waals surface area contributed by atoms with Crippen molar-refractivity contribution in [2.45, 2.75) is 13.5 Å². The van der Waals surface area contributed by atoms with E-state index < -0.39 is 0 Å². The average molecular weight is 375 g/mol. The molecule has 0 N–H and O–H groups in total. The first kappa shape index (κ1) is 13.5. The first-order valence-corrected chi connectivity index (χ1v) is 6.86. The Balaban J connectivity index is 2.40. The highest BCUT2D eigenvalue weighted by atomic mass is 79.9. The Kier molecular flexibility index (Phi) is 4.02. The number of aryl methyl sites for hydroxylation is 1. The highest BCUT2D eigenvalue weighted by molar-refractivity contribution is 9.10. The summed E-state index contributed by atoms with van der Waals surface area (Å²) < 4.78 is 16.0. The van der Waals surface area contributed by atoms with Gasteiger partial charge < -0.3 is 4.57 Å². The van der Waals surface area contributed by atoms with Crippen LogP contribution < -0.4 is 5.56 Å². The summed E-state index contributed by atoms with van der Waals surface area (Å²) in [6.07, 6.45) is 1.73. The summed E-state index contributed by atoms with van der Waals surface area (Å²) in [5.74, 6) is -0.309. The fourth-order valence-electron chi connectivity index (χ4n) is 1.69. The van der Waals surface area contributed by atoms with E-state index in [1.807, 2.05) is 0 Å². The molecule has 0 amide bonds. The molecule has 0 radical (unpaired) electrons. The van der Waals surface area contributed by atoms with Crippen LogP contribution in [0.25, 0.3) is 0 Å². The lowest BCUT2D eigenvalue weighted by molar-refractivity contribution is 0.619. The van der Waals surface area contributed by atoms with Crippen molar-refractivity contribution in [1.82, 2.24) is 4.57 Å². The van der Waals surface area contributed by atoms with Crippen LogP contribution in [0.15, 0.2) is 44.2 Å². The minimum Gasteiger partial charge on any atom is -0.310 e. The molecule has 0 saturated heterocycles. The smallest absolute Gasteiger partial charge is 0.253 e. The number of halogens is 3. The average Bonchev–Trinajstić information content (AvgIpc) is 2.30. The molecular formula is C13H10Br2FNO. The first-order valence-electron chi connectivity index (χ1n) is 5.28. The molecule has 0 saturated carbocycles. The number of nitrogens with zero attached hydrogens (tertiary/aromatic N) is 1. The van der Waals surface area contributed by atoms with E-state index in [1.165, 1.54) is 6.07 Å². The Hall–Kier alpha value is -0.940. The lowest BCUT2D eigenvalue weighted by Gasteiger charge is -2.08. The molecule has 0 fully saturated rings. The van der Waals surface area contributed by atoms with Gasteiger partial charge in [-0.2, -0.15) is 0 Å². The summed E-state index contributed by atoms with van der Waals surface area (Å²) in [6.45, 7) is 2.18. The van der Waals surface area contributed by atoms with Crippen LogP contribution in [-0.4, -0.2) is 4.57 Å². The zero-order chi connectivity index (χ0) is 13.3. The lowest BCUT2D eigenvalue weighted by atomic mass is 10.2. The summed E-state index contributed by atoms with van der Waals surface area (Å²) >= 11 is 6.49. The molecule has 0 spiro atoms. The SMILES string of the molecule is Cc1cc(Br)cn(Cc2ccc(F)c(Br)c2)c1=O. The lowest BCUT2D eigenvalue weighted by Crippen LogP contribution is -2.22. The van der Waals surface area contributed by atoms with Crippen molar-refractivity contribution in [1.29, 1.82) is 0 Å². The molecule has 94 valence electrons. The number of hydrogen-bond acceptors (Lipinski definition) is 1. The predicted octanol–water partition coefficient (Wildman–Crippen LogP) is 3.87. The van der Waals surface area contributed by atoms with Crippen LogP contribution in [0.1, 0.15) is 11.1 Å².